The molecule has 1 aliphatic rings. The van der Waals surface area contributed by atoms with E-state index in [1.54, 1.807) is 0 Å². The Labute approximate surface area is 87.2 Å². The average Bonchev–Trinajstić information content (AvgIpc) is 2.11. The van der Waals surface area contributed by atoms with Gasteiger partial charge < -0.3 is 5.73 Å². The molecule has 1 fully saturated rings. The van der Waals surface area contributed by atoms with E-state index in [1.807, 2.05) is 6.92 Å². The number of nitrogens with two attached hydrogens (primary N) is 1. The predicted octanol–water partition coefficient (Wildman–Crippen LogP) is 1.82. The van der Waals surface area contributed by atoms with Crippen molar-refractivity contribution in [3.63, 3.8) is 0 Å². The van der Waals surface area contributed by atoms with Gasteiger partial charge in [0.1, 0.15) is 0 Å². The zero-order valence-corrected chi connectivity index (χ0v) is 9.59. The van der Waals surface area contributed by atoms with Crippen LogP contribution in [0.15, 0.2) is 0 Å². The molecule has 1 heterocycles. The number of nitrogens with one attached hydrogen (secondary N) is 1. The normalized spacial score (nSPS) is 31.4. The summed E-state index contributed by atoms with van der Waals surface area (Å²) >= 11 is 0. The molecule has 0 amide bonds. The van der Waals surface area contributed by atoms with E-state index in [1.165, 1.54) is 19.3 Å². The first kappa shape index (κ1) is 11.5. The fraction of sp³-hybridized carbons (Fsp3) is 0.909. The summed E-state index contributed by atoms with van der Waals surface area (Å²) < 4.78 is 0. The summed E-state index contributed by atoms with van der Waals surface area (Å²) in [6, 6.07) is 1.31. The number of rotatable bonds is 3. The lowest BCUT2D eigenvalue weighted by Crippen LogP contribution is -2.47. The van der Waals surface area contributed by atoms with E-state index in [4.69, 9.17) is 11.1 Å². The number of piperidine rings is 1. The highest BCUT2D eigenvalue weighted by Crippen LogP contribution is 2.23. The second-order valence-electron chi connectivity index (χ2n) is 4.68. The van der Waals surface area contributed by atoms with E-state index in [9.17, 15) is 0 Å². The SMILES string of the molecule is CC(CN1C(C)CCCC1C)C(=N)N. The molecule has 0 saturated carbocycles. The lowest BCUT2D eigenvalue weighted by atomic mass is 9.96. The van der Waals surface area contributed by atoms with Crippen molar-refractivity contribution < 1.29 is 0 Å². The van der Waals surface area contributed by atoms with Crippen LogP contribution in [0.1, 0.15) is 40.0 Å². The van der Waals surface area contributed by atoms with Gasteiger partial charge in [-0.1, -0.05) is 13.3 Å². The van der Waals surface area contributed by atoms with E-state index in [0.29, 0.717) is 17.9 Å². The Balaban J connectivity index is 2.51. The van der Waals surface area contributed by atoms with Crippen LogP contribution in [-0.4, -0.2) is 29.4 Å². The highest BCUT2D eigenvalue weighted by molar-refractivity contribution is 5.79. The van der Waals surface area contributed by atoms with Gasteiger partial charge in [-0.15, -0.1) is 0 Å². The summed E-state index contributed by atoms with van der Waals surface area (Å²) in [5.74, 6) is 0.507. The minimum absolute atomic E-state index is 0.193. The maximum absolute atomic E-state index is 7.40. The summed E-state index contributed by atoms with van der Waals surface area (Å²) in [4.78, 5) is 2.50. The van der Waals surface area contributed by atoms with Crippen LogP contribution < -0.4 is 5.73 Å². The molecule has 0 radical (unpaired) electrons. The van der Waals surface area contributed by atoms with Gasteiger partial charge in [0, 0.05) is 24.5 Å². The molecule has 82 valence electrons. The van der Waals surface area contributed by atoms with Crippen molar-refractivity contribution in [3.05, 3.63) is 0 Å². The fourth-order valence-electron chi connectivity index (χ4n) is 2.25. The molecule has 0 aromatic carbocycles. The molecule has 3 heteroatoms. The summed E-state index contributed by atoms with van der Waals surface area (Å²) in [5.41, 5.74) is 5.50. The van der Waals surface area contributed by atoms with E-state index in [0.717, 1.165) is 6.54 Å². The number of likely N-dealkylation sites (tertiary alicyclic amines) is 1. The minimum Gasteiger partial charge on any atom is -0.387 e. The summed E-state index contributed by atoms with van der Waals surface area (Å²) in [5, 5.41) is 7.40. The van der Waals surface area contributed by atoms with Gasteiger partial charge in [-0.05, 0) is 26.7 Å². The van der Waals surface area contributed by atoms with Crippen molar-refractivity contribution in [1.29, 1.82) is 5.41 Å². The molecule has 3 unspecified atom stereocenters. The predicted molar refractivity (Wildman–Crippen MR) is 60.6 cm³/mol. The molecule has 3 nitrogen and oxygen atoms in total. The Morgan fingerprint density at radius 3 is 2.36 bits per heavy atom. The van der Waals surface area contributed by atoms with Crippen LogP contribution >= 0.6 is 0 Å². The zero-order valence-electron chi connectivity index (χ0n) is 9.59. The van der Waals surface area contributed by atoms with Gasteiger partial charge in [-0.3, -0.25) is 10.3 Å². The number of nitrogens with zero attached hydrogens (tertiary/aromatic N) is 1. The monoisotopic (exact) mass is 197 g/mol. The fourth-order valence-corrected chi connectivity index (χ4v) is 2.25. The van der Waals surface area contributed by atoms with Crippen molar-refractivity contribution in [1.82, 2.24) is 4.90 Å². The van der Waals surface area contributed by atoms with Gasteiger partial charge in [0.15, 0.2) is 0 Å². The lowest BCUT2D eigenvalue weighted by Gasteiger charge is -2.40. The van der Waals surface area contributed by atoms with Crippen molar-refractivity contribution in [2.45, 2.75) is 52.1 Å². The summed E-state index contributed by atoms with van der Waals surface area (Å²) in [6.45, 7) is 7.54. The molecular weight excluding hydrogens is 174 g/mol. The van der Waals surface area contributed by atoms with Crippen molar-refractivity contribution in [2.75, 3.05) is 6.54 Å². The van der Waals surface area contributed by atoms with Crippen LogP contribution in [0.4, 0.5) is 0 Å². The molecule has 1 aliphatic heterocycles. The maximum Gasteiger partial charge on any atom is 0.0947 e. The Kier molecular flexibility index (Phi) is 3.93. The standard InChI is InChI=1S/C11H23N3/c1-8(11(12)13)7-14-9(2)5-4-6-10(14)3/h8-10H,4-7H2,1-3H3,(H3,12,13). The van der Waals surface area contributed by atoms with Crippen LogP contribution in [0.5, 0.6) is 0 Å². The maximum atomic E-state index is 7.40. The third-order valence-corrected chi connectivity index (χ3v) is 3.39. The first-order valence-corrected chi connectivity index (χ1v) is 5.62. The lowest BCUT2D eigenvalue weighted by molar-refractivity contribution is 0.0959. The molecule has 0 bridgehead atoms. The molecular formula is C11H23N3. The largest absolute Gasteiger partial charge is 0.387 e. The highest BCUT2D eigenvalue weighted by atomic mass is 15.2. The van der Waals surface area contributed by atoms with Gasteiger partial charge in [0.25, 0.3) is 0 Å². The second-order valence-corrected chi connectivity index (χ2v) is 4.68. The average molecular weight is 197 g/mol. The summed E-state index contributed by atoms with van der Waals surface area (Å²) in [6.07, 6.45) is 3.91. The molecule has 0 aliphatic carbocycles. The highest BCUT2D eigenvalue weighted by Gasteiger charge is 2.26. The van der Waals surface area contributed by atoms with E-state index >= 15 is 0 Å². The quantitative estimate of drug-likeness (QED) is 0.535. The van der Waals surface area contributed by atoms with Crippen LogP contribution in [0.2, 0.25) is 0 Å². The van der Waals surface area contributed by atoms with Crippen LogP contribution in [-0.2, 0) is 0 Å². The third kappa shape index (κ3) is 2.71. The van der Waals surface area contributed by atoms with Gasteiger partial charge in [-0.2, -0.15) is 0 Å². The Morgan fingerprint density at radius 1 is 1.43 bits per heavy atom. The van der Waals surface area contributed by atoms with Crippen LogP contribution in [0.25, 0.3) is 0 Å². The van der Waals surface area contributed by atoms with E-state index in [-0.39, 0.29) is 5.92 Å². The topological polar surface area (TPSA) is 53.1 Å². The third-order valence-electron chi connectivity index (χ3n) is 3.39. The molecule has 0 aromatic heterocycles. The zero-order chi connectivity index (χ0) is 10.7. The molecule has 1 rings (SSSR count). The summed E-state index contributed by atoms with van der Waals surface area (Å²) in [7, 11) is 0. The smallest absolute Gasteiger partial charge is 0.0947 e. The van der Waals surface area contributed by atoms with Gasteiger partial charge in [0.05, 0.1) is 5.84 Å². The molecule has 0 aromatic rings. The first-order valence-electron chi connectivity index (χ1n) is 5.62. The number of hydrogen-bond acceptors (Lipinski definition) is 2. The van der Waals surface area contributed by atoms with E-state index < -0.39 is 0 Å². The molecule has 3 atom stereocenters. The van der Waals surface area contributed by atoms with E-state index in [2.05, 4.69) is 18.7 Å². The van der Waals surface area contributed by atoms with Crippen molar-refractivity contribution in [2.24, 2.45) is 11.7 Å². The Hall–Kier alpha value is -0.570. The molecule has 0 spiro atoms. The van der Waals surface area contributed by atoms with Crippen molar-refractivity contribution in [3.8, 4) is 0 Å². The first-order chi connectivity index (χ1) is 6.52. The number of hydrogen-bond donors (Lipinski definition) is 2. The minimum atomic E-state index is 0.193. The second kappa shape index (κ2) is 4.78. The Morgan fingerprint density at radius 2 is 1.93 bits per heavy atom. The van der Waals surface area contributed by atoms with Gasteiger partial charge in [-0.25, -0.2) is 0 Å². The van der Waals surface area contributed by atoms with Crippen LogP contribution in [0, 0.1) is 11.3 Å². The van der Waals surface area contributed by atoms with Gasteiger partial charge >= 0.3 is 0 Å². The number of amidine groups is 1. The molecule has 1 saturated heterocycles. The molecule has 14 heavy (non-hydrogen) atoms. The Bertz CT molecular complexity index is 193. The van der Waals surface area contributed by atoms with Gasteiger partial charge in [0.2, 0.25) is 0 Å². The van der Waals surface area contributed by atoms with Crippen molar-refractivity contribution >= 4 is 5.84 Å². The van der Waals surface area contributed by atoms with Crippen LogP contribution in [0.3, 0.4) is 0 Å². The molecule has 3 N–H and O–H groups in total.